The van der Waals surface area contributed by atoms with E-state index in [1.807, 2.05) is 0 Å². The van der Waals surface area contributed by atoms with Crippen LogP contribution in [-0.2, 0) is 9.59 Å². The van der Waals surface area contributed by atoms with Crippen LogP contribution in [0.25, 0.3) is 0 Å². The summed E-state index contributed by atoms with van der Waals surface area (Å²) in [7, 11) is 0. The SMILES string of the molecule is CC(C)(C)[C@@H](NC(=O)N1CCNC(=O)CC1)C(=O)O. The van der Waals surface area contributed by atoms with Crippen LogP contribution in [0.5, 0.6) is 0 Å². The third-order valence-electron chi connectivity index (χ3n) is 2.98. The number of carboxylic acids is 1. The second kappa shape index (κ2) is 5.90. The highest BCUT2D eigenvalue weighted by molar-refractivity contribution is 5.84. The predicted molar refractivity (Wildman–Crippen MR) is 68.6 cm³/mol. The van der Waals surface area contributed by atoms with E-state index in [-0.39, 0.29) is 12.3 Å². The molecule has 3 N–H and O–H groups in total. The lowest BCUT2D eigenvalue weighted by molar-refractivity contribution is -0.142. The number of rotatable bonds is 2. The quantitative estimate of drug-likeness (QED) is 0.659. The number of carbonyl (C=O) groups is 3. The molecule has 1 atom stereocenters. The smallest absolute Gasteiger partial charge is 0.326 e. The fourth-order valence-electron chi connectivity index (χ4n) is 1.83. The predicted octanol–water partition coefficient (Wildman–Crippen LogP) is 0.0172. The van der Waals surface area contributed by atoms with E-state index in [4.69, 9.17) is 5.11 Å². The summed E-state index contributed by atoms with van der Waals surface area (Å²) < 4.78 is 0. The van der Waals surface area contributed by atoms with Crippen LogP contribution in [0.15, 0.2) is 0 Å². The topological polar surface area (TPSA) is 98.7 Å². The van der Waals surface area contributed by atoms with Crippen molar-refractivity contribution < 1.29 is 19.5 Å². The van der Waals surface area contributed by atoms with E-state index in [2.05, 4.69) is 10.6 Å². The zero-order valence-electron chi connectivity index (χ0n) is 11.5. The van der Waals surface area contributed by atoms with Gasteiger partial charge in [-0.15, -0.1) is 0 Å². The maximum Gasteiger partial charge on any atom is 0.326 e. The minimum absolute atomic E-state index is 0.0964. The van der Waals surface area contributed by atoms with Crippen LogP contribution in [0.3, 0.4) is 0 Å². The number of hydrogen-bond donors (Lipinski definition) is 3. The first kappa shape index (κ1) is 15.3. The normalized spacial score (nSPS) is 18.3. The van der Waals surface area contributed by atoms with Gasteiger partial charge in [0.05, 0.1) is 0 Å². The lowest BCUT2D eigenvalue weighted by atomic mass is 9.87. The number of carbonyl (C=O) groups excluding carboxylic acids is 2. The molecule has 0 aromatic heterocycles. The average molecular weight is 271 g/mol. The molecule has 0 aliphatic carbocycles. The van der Waals surface area contributed by atoms with E-state index in [9.17, 15) is 14.4 Å². The van der Waals surface area contributed by atoms with Crippen molar-refractivity contribution in [2.45, 2.75) is 33.2 Å². The van der Waals surface area contributed by atoms with Crippen LogP contribution in [-0.4, -0.2) is 53.6 Å². The van der Waals surface area contributed by atoms with Crippen molar-refractivity contribution in [1.29, 1.82) is 0 Å². The summed E-state index contributed by atoms with van der Waals surface area (Å²) in [5.41, 5.74) is -0.582. The maximum absolute atomic E-state index is 12.0. The van der Waals surface area contributed by atoms with Crippen molar-refractivity contribution in [1.82, 2.24) is 15.5 Å². The number of aliphatic carboxylic acids is 1. The van der Waals surface area contributed by atoms with Gasteiger partial charge in [-0.3, -0.25) is 4.79 Å². The van der Waals surface area contributed by atoms with Gasteiger partial charge in [-0.25, -0.2) is 9.59 Å². The summed E-state index contributed by atoms with van der Waals surface area (Å²) in [6, 6.07) is -1.41. The van der Waals surface area contributed by atoms with Gasteiger partial charge in [0.25, 0.3) is 0 Å². The van der Waals surface area contributed by atoms with Crippen molar-refractivity contribution >= 4 is 17.9 Å². The van der Waals surface area contributed by atoms with Crippen LogP contribution in [0.1, 0.15) is 27.2 Å². The molecule has 3 amide bonds. The molecule has 19 heavy (non-hydrogen) atoms. The zero-order chi connectivity index (χ0) is 14.6. The molecule has 1 heterocycles. The first-order valence-corrected chi connectivity index (χ1v) is 6.27. The molecule has 0 unspecified atom stereocenters. The lowest BCUT2D eigenvalue weighted by Crippen LogP contribution is -2.53. The summed E-state index contributed by atoms with van der Waals surface area (Å²) in [5, 5.41) is 14.3. The van der Waals surface area contributed by atoms with Gasteiger partial charge in [-0.2, -0.15) is 0 Å². The fourth-order valence-corrected chi connectivity index (χ4v) is 1.83. The maximum atomic E-state index is 12.0. The van der Waals surface area contributed by atoms with E-state index in [0.717, 1.165) is 0 Å². The fraction of sp³-hybridized carbons (Fsp3) is 0.750. The Hall–Kier alpha value is -1.79. The lowest BCUT2D eigenvalue weighted by Gasteiger charge is -2.30. The Morgan fingerprint density at radius 2 is 2.00 bits per heavy atom. The molecule has 0 aromatic carbocycles. The number of amides is 3. The Labute approximate surface area is 112 Å². The van der Waals surface area contributed by atoms with Crippen molar-refractivity contribution in [3.05, 3.63) is 0 Å². The number of nitrogens with one attached hydrogen (secondary N) is 2. The molecule has 108 valence electrons. The minimum atomic E-state index is -1.06. The summed E-state index contributed by atoms with van der Waals surface area (Å²) in [6.07, 6.45) is 0.237. The molecule has 1 aliphatic rings. The number of carboxylic acid groups (broad SMARTS) is 1. The van der Waals surface area contributed by atoms with Gasteiger partial charge in [0, 0.05) is 26.1 Å². The van der Waals surface area contributed by atoms with Crippen LogP contribution >= 0.6 is 0 Å². The second-order valence-corrected chi connectivity index (χ2v) is 5.67. The number of nitrogens with zero attached hydrogens (tertiary/aromatic N) is 1. The van der Waals surface area contributed by atoms with Crippen LogP contribution < -0.4 is 10.6 Å². The van der Waals surface area contributed by atoms with Gasteiger partial charge in [0.15, 0.2) is 0 Å². The van der Waals surface area contributed by atoms with Crippen molar-refractivity contribution in [3.63, 3.8) is 0 Å². The van der Waals surface area contributed by atoms with Gasteiger partial charge in [-0.1, -0.05) is 20.8 Å². The molecule has 0 aromatic rings. The molecule has 0 saturated carbocycles. The van der Waals surface area contributed by atoms with E-state index < -0.39 is 23.5 Å². The minimum Gasteiger partial charge on any atom is -0.480 e. The highest BCUT2D eigenvalue weighted by atomic mass is 16.4. The number of hydrogen-bond acceptors (Lipinski definition) is 3. The summed E-state index contributed by atoms with van der Waals surface area (Å²) in [6.45, 7) is 6.32. The summed E-state index contributed by atoms with van der Waals surface area (Å²) in [5.74, 6) is -1.16. The Balaban J connectivity index is 2.66. The second-order valence-electron chi connectivity index (χ2n) is 5.67. The van der Waals surface area contributed by atoms with Crippen LogP contribution in [0.2, 0.25) is 0 Å². The van der Waals surface area contributed by atoms with E-state index >= 15 is 0 Å². The van der Waals surface area contributed by atoms with Gasteiger partial charge in [0.1, 0.15) is 6.04 Å². The van der Waals surface area contributed by atoms with Crippen molar-refractivity contribution in [2.24, 2.45) is 5.41 Å². The third-order valence-corrected chi connectivity index (χ3v) is 2.98. The summed E-state index contributed by atoms with van der Waals surface area (Å²) >= 11 is 0. The zero-order valence-corrected chi connectivity index (χ0v) is 11.5. The molecule has 0 radical (unpaired) electrons. The Bertz CT molecular complexity index is 376. The molecule has 1 rings (SSSR count). The monoisotopic (exact) mass is 271 g/mol. The van der Waals surface area contributed by atoms with Crippen molar-refractivity contribution in [2.75, 3.05) is 19.6 Å². The number of urea groups is 1. The van der Waals surface area contributed by atoms with Crippen LogP contribution in [0.4, 0.5) is 4.79 Å². The van der Waals surface area contributed by atoms with Gasteiger partial charge in [0.2, 0.25) is 5.91 Å². The molecule has 1 saturated heterocycles. The van der Waals surface area contributed by atoms with E-state index in [1.165, 1.54) is 4.90 Å². The molecule has 0 spiro atoms. The highest BCUT2D eigenvalue weighted by Gasteiger charge is 2.34. The van der Waals surface area contributed by atoms with Crippen LogP contribution in [0, 0.1) is 5.41 Å². The molecular weight excluding hydrogens is 250 g/mol. The Kier molecular flexibility index (Phi) is 4.74. The standard InChI is InChI=1S/C12H21N3O4/c1-12(2,3)9(10(17)18)14-11(19)15-6-4-8(16)13-5-7-15/h9H,4-7H2,1-3H3,(H,13,16)(H,14,19)(H,17,18)/t9-/m0/s1. The first-order chi connectivity index (χ1) is 8.71. The van der Waals surface area contributed by atoms with Gasteiger partial charge in [-0.05, 0) is 5.41 Å². The largest absolute Gasteiger partial charge is 0.480 e. The Morgan fingerprint density at radius 3 is 2.53 bits per heavy atom. The molecule has 1 aliphatic heterocycles. The Morgan fingerprint density at radius 1 is 1.37 bits per heavy atom. The third kappa shape index (κ3) is 4.42. The van der Waals surface area contributed by atoms with E-state index in [1.54, 1.807) is 20.8 Å². The molecule has 7 nitrogen and oxygen atoms in total. The van der Waals surface area contributed by atoms with Crippen molar-refractivity contribution in [3.8, 4) is 0 Å². The van der Waals surface area contributed by atoms with E-state index in [0.29, 0.717) is 19.6 Å². The van der Waals surface area contributed by atoms with Gasteiger partial charge >= 0.3 is 12.0 Å². The first-order valence-electron chi connectivity index (χ1n) is 6.27. The molecular formula is C12H21N3O4. The molecule has 7 heteroatoms. The van der Waals surface area contributed by atoms with Gasteiger partial charge < -0.3 is 20.6 Å². The summed E-state index contributed by atoms with van der Waals surface area (Å²) in [4.78, 5) is 35.9. The average Bonchev–Trinajstić information content (AvgIpc) is 2.48. The highest BCUT2D eigenvalue weighted by Crippen LogP contribution is 2.19. The molecule has 0 bridgehead atoms. The molecule has 1 fully saturated rings.